The van der Waals surface area contributed by atoms with Crippen molar-refractivity contribution in [3.63, 3.8) is 0 Å². The molecule has 0 saturated heterocycles. The summed E-state index contributed by atoms with van der Waals surface area (Å²) in [7, 11) is 0. The van der Waals surface area contributed by atoms with Crippen LogP contribution < -0.4 is 5.32 Å². The molecule has 0 atom stereocenters. The van der Waals surface area contributed by atoms with Gasteiger partial charge < -0.3 is 14.4 Å². The zero-order chi connectivity index (χ0) is 21.6. The molecule has 31 heavy (non-hydrogen) atoms. The van der Waals surface area contributed by atoms with E-state index in [0.29, 0.717) is 49.0 Å². The lowest BCUT2D eigenvalue weighted by Gasteiger charge is -2.12. The first-order valence-corrected chi connectivity index (χ1v) is 10.0. The number of hydrogen-bond donors (Lipinski definition) is 1. The van der Waals surface area contributed by atoms with Gasteiger partial charge >= 0.3 is 0 Å². The lowest BCUT2D eigenvalue weighted by molar-refractivity contribution is -0.116. The summed E-state index contributed by atoms with van der Waals surface area (Å²) >= 11 is 0. The number of aromatic nitrogens is 4. The number of carbonyl (C=O) groups is 1. The summed E-state index contributed by atoms with van der Waals surface area (Å²) in [5, 5.41) is 6.74. The zero-order valence-electron chi connectivity index (χ0n) is 17.1. The number of aryl methyl sites for hydroxylation is 2. The minimum atomic E-state index is -0.325. The molecule has 1 amide bonds. The normalized spacial score (nSPS) is 10.9. The molecule has 8 heteroatoms. The Morgan fingerprint density at radius 1 is 1.13 bits per heavy atom. The van der Waals surface area contributed by atoms with Crippen LogP contribution in [0.3, 0.4) is 0 Å². The monoisotopic (exact) mass is 419 g/mol. The molecule has 4 rings (SSSR count). The van der Waals surface area contributed by atoms with Crippen LogP contribution in [0.5, 0.6) is 0 Å². The van der Waals surface area contributed by atoms with E-state index in [1.807, 2.05) is 34.9 Å². The van der Waals surface area contributed by atoms with Gasteiger partial charge in [0.25, 0.3) is 0 Å². The molecule has 1 N–H and O–H groups in total. The number of halogens is 1. The number of nitrogens with zero attached hydrogens (tertiary/aromatic N) is 4. The van der Waals surface area contributed by atoms with Gasteiger partial charge in [-0.25, -0.2) is 9.37 Å². The molecule has 158 valence electrons. The molecule has 0 fully saturated rings. The number of rotatable bonds is 8. The van der Waals surface area contributed by atoms with E-state index in [9.17, 15) is 9.18 Å². The smallest absolute Gasteiger partial charge is 0.226 e. The summed E-state index contributed by atoms with van der Waals surface area (Å²) < 4.78 is 20.3. The Labute approximate surface area is 178 Å². The Balaban J connectivity index is 1.52. The Hall–Kier alpha value is -3.81. The van der Waals surface area contributed by atoms with E-state index < -0.39 is 0 Å². The number of amides is 1. The molecule has 2 aromatic heterocycles. The van der Waals surface area contributed by atoms with Crippen LogP contribution in [0.25, 0.3) is 11.3 Å². The Morgan fingerprint density at radius 3 is 2.61 bits per heavy atom. The summed E-state index contributed by atoms with van der Waals surface area (Å²) in [5.74, 6) is 1.21. The summed E-state index contributed by atoms with van der Waals surface area (Å²) in [6.45, 7) is 2.30. The van der Waals surface area contributed by atoms with E-state index in [0.717, 1.165) is 11.1 Å². The maximum absolute atomic E-state index is 13.4. The Morgan fingerprint density at radius 2 is 1.90 bits per heavy atom. The van der Waals surface area contributed by atoms with E-state index in [1.54, 1.807) is 25.4 Å². The number of carbonyl (C=O) groups excluding carboxylic acids is 1. The average Bonchev–Trinajstić information content (AvgIpc) is 3.36. The van der Waals surface area contributed by atoms with Crippen molar-refractivity contribution in [2.45, 2.75) is 32.7 Å². The van der Waals surface area contributed by atoms with Crippen molar-refractivity contribution < 1.29 is 13.7 Å². The fourth-order valence-electron chi connectivity index (χ4n) is 3.27. The second-order valence-electron chi connectivity index (χ2n) is 7.20. The first-order valence-electron chi connectivity index (χ1n) is 10.0. The molecule has 0 aliphatic heterocycles. The van der Waals surface area contributed by atoms with E-state index in [-0.39, 0.29) is 11.7 Å². The van der Waals surface area contributed by atoms with Crippen LogP contribution in [0.1, 0.15) is 30.1 Å². The van der Waals surface area contributed by atoms with Crippen LogP contribution in [-0.2, 0) is 17.8 Å². The first-order chi connectivity index (χ1) is 15.1. The maximum Gasteiger partial charge on any atom is 0.226 e. The molecule has 2 aromatic carbocycles. The highest BCUT2D eigenvalue weighted by Crippen LogP contribution is 2.28. The fourth-order valence-corrected chi connectivity index (χ4v) is 3.27. The highest BCUT2D eigenvalue weighted by atomic mass is 19.1. The standard InChI is InChI=1S/C23H22FN5O2/c1-16-26-21(31-28-16)9-5-8-20(30)27-23-22(18-10-12-19(24)13-11-18)25-15-29(23)14-17-6-3-2-4-7-17/h2-4,6-7,10-13,15H,5,8-9,14H2,1H3,(H,27,30). The van der Waals surface area contributed by atoms with Crippen molar-refractivity contribution in [1.82, 2.24) is 19.7 Å². The molecule has 0 unspecified atom stereocenters. The van der Waals surface area contributed by atoms with Gasteiger partial charge in [-0.2, -0.15) is 4.98 Å². The summed E-state index contributed by atoms with van der Waals surface area (Å²) in [6, 6.07) is 16.0. The molecule has 2 heterocycles. The van der Waals surface area contributed by atoms with Gasteiger partial charge in [0.05, 0.1) is 12.9 Å². The quantitative estimate of drug-likeness (QED) is 0.458. The summed E-state index contributed by atoms with van der Waals surface area (Å²) in [5.41, 5.74) is 2.40. The molecule has 0 aliphatic rings. The third kappa shape index (κ3) is 5.22. The third-order valence-corrected chi connectivity index (χ3v) is 4.77. The van der Waals surface area contributed by atoms with Gasteiger partial charge in [-0.15, -0.1) is 0 Å². The van der Waals surface area contributed by atoms with Crippen LogP contribution in [-0.4, -0.2) is 25.6 Å². The number of benzene rings is 2. The maximum atomic E-state index is 13.4. The van der Waals surface area contributed by atoms with Gasteiger partial charge in [0.2, 0.25) is 11.8 Å². The van der Waals surface area contributed by atoms with Crippen LogP contribution >= 0.6 is 0 Å². The fraction of sp³-hybridized carbons (Fsp3) is 0.217. The molecule has 0 spiro atoms. The number of anilines is 1. The largest absolute Gasteiger partial charge is 0.339 e. The molecule has 0 saturated carbocycles. The molecule has 4 aromatic rings. The highest BCUT2D eigenvalue weighted by molar-refractivity contribution is 5.93. The van der Waals surface area contributed by atoms with Gasteiger partial charge in [0, 0.05) is 18.4 Å². The summed E-state index contributed by atoms with van der Waals surface area (Å²) in [6.07, 6.45) is 3.08. The summed E-state index contributed by atoms with van der Waals surface area (Å²) in [4.78, 5) is 21.3. The lowest BCUT2D eigenvalue weighted by Crippen LogP contribution is -2.16. The lowest BCUT2D eigenvalue weighted by atomic mass is 10.1. The van der Waals surface area contributed by atoms with Gasteiger partial charge in [-0.3, -0.25) is 4.79 Å². The Kier molecular flexibility index (Phi) is 6.16. The van der Waals surface area contributed by atoms with Crippen molar-refractivity contribution >= 4 is 11.7 Å². The Bertz CT molecular complexity index is 1150. The first kappa shape index (κ1) is 20.5. The predicted octanol–water partition coefficient (Wildman–Crippen LogP) is 4.39. The molecular formula is C23H22FN5O2. The minimum absolute atomic E-state index is 0.144. The molecule has 0 radical (unpaired) electrons. The van der Waals surface area contributed by atoms with Crippen molar-refractivity contribution in [2.24, 2.45) is 0 Å². The van der Waals surface area contributed by atoms with Crippen molar-refractivity contribution in [2.75, 3.05) is 5.32 Å². The topological polar surface area (TPSA) is 85.8 Å². The van der Waals surface area contributed by atoms with Gasteiger partial charge in [0.1, 0.15) is 17.3 Å². The van der Waals surface area contributed by atoms with Crippen molar-refractivity contribution in [3.8, 4) is 11.3 Å². The van der Waals surface area contributed by atoms with Gasteiger partial charge in [-0.1, -0.05) is 35.5 Å². The number of nitrogens with one attached hydrogen (secondary N) is 1. The molecule has 0 bridgehead atoms. The average molecular weight is 419 g/mol. The van der Waals surface area contributed by atoms with Gasteiger partial charge in [-0.05, 0) is 43.2 Å². The van der Waals surface area contributed by atoms with E-state index in [2.05, 4.69) is 20.4 Å². The van der Waals surface area contributed by atoms with Crippen molar-refractivity contribution in [3.05, 3.63) is 84.0 Å². The van der Waals surface area contributed by atoms with E-state index >= 15 is 0 Å². The van der Waals surface area contributed by atoms with Crippen molar-refractivity contribution in [1.29, 1.82) is 0 Å². The second-order valence-corrected chi connectivity index (χ2v) is 7.20. The SMILES string of the molecule is Cc1noc(CCCC(=O)Nc2c(-c3ccc(F)cc3)ncn2Cc2ccccc2)n1. The van der Waals surface area contributed by atoms with E-state index in [1.165, 1.54) is 12.1 Å². The highest BCUT2D eigenvalue weighted by Gasteiger charge is 2.16. The molecule has 0 aliphatic carbocycles. The van der Waals surface area contributed by atoms with Crippen LogP contribution in [0, 0.1) is 12.7 Å². The number of imidazole rings is 1. The zero-order valence-corrected chi connectivity index (χ0v) is 17.1. The van der Waals surface area contributed by atoms with Gasteiger partial charge in [0.15, 0.2) is 5.82 Å². The molecule has 7 nitrogen and oxygen atoms in total. The molecular weight excluding hydrogens is 397 g/mol. The van der Waals surface area contributed by atoms with E-state index in [4.69, 9.17) is 4.52 Å². The third-order valence-electron chi connectivity index (χ3n) is 4.77. The number of hydrogen-bond acceptors (Lipinski definition) is 5. The predicted molar refractivity (Wildman–Crippen MR) is 114 cm³/mol. The van der Waals surface area contributed by atoms with Crippen LogP contribution in [0.2, 0.25) is 0 Å². The van der Waals surface area contributed by atoms with Crippen LogP contribution in [0.4, 0.5) is 10.2 Å². The second kappa shape index (κ2) is 9.34. The minimum Gasteiger partial charge on any atom is -0.339 e. The van der Waals surface area contributed by atoms with Crippen LogP contribution in [0.15, 0.2) is 65.4 Å².